The van der Waals surface area contributed by atoms with Gasteiger partial charge in [-0.25, -0.2) is 4.79 Å². The smallest absolute Gasteiger partial charge is 0.333 e. The van der Waals surface area contributed by atoms with Crippen molar-refractivity contribution < 1.29 is 14.3 Å². The number of carbonyl (C=O) groups excluding carboxylic acids is 1. The molecule has 4 heteroatoms. The summed E-state index contributed by atoms with van der Waals surface area (Å²) in [7, 11) is 3.47. The van der Waals surface area contributed by atoms with E-state index in [1.807, 2.05) is 6.08 Å². The van der Waals surface area contributed by atoms with Gasteiger partial charge in [0.1, 0.15) is 0 Å². The second kappa shape index (κ2) is 7.45. The highest BCUT2D eigenvalue weighted by Crippen LogP contribution is 2.14. The lowest BCUT2D eigenvalue weighted by Crippen LogP contribution is -2.31. The van der Waals surface area contributed by atoms with Crippen molar-refractivity contribution >= 4 is 5.97 Å². The van der Waals surface area contributed by atoms with Gasteiger partial charge in [0.25, 0.3) is 0 Å². The normalized spacial score (nSPS) is 21.6. The molecule has 1 aliphatic rings. The molecule has 1 fully saturated rings. The molecule has 1 heterocycles. The summed E-state index contributed by atoms with van der Waals surface area (Å²) in [4.78, 5) is 13.4. The lowest BCUT2D eigenvalue weighted by atomic mass is 10.0. The fraction of sp³-hybridized carbons (Fsp3) is 0.769. The summed E-state index contributed by atoms with van der Waals surface area (Å²) in [5.74, 6) is 0.375. The molecular formula is C13H23NO3. The number of esters is 1. The summed E-state index contributed by atoms with van der Waals surface area (Å²) >= 11 is 0. The molecule has 0 aromatic carbocycles. The maximum Gasteiger partial charge on any atom is 0.333 e. The van der Waals surface area contributed by atoms with Crippen molar-refractivity contribution in [3.05, 3.63) is 11.6 Å². The molecule has 0 radical (unpaired) electrons. The van der Waals surface area contributed by atoms with Crippen LogP contribution in [0.5, 0.6) is 0 Å². The molecule has 0 aromatic heterocycles. The van der Waals surface area contributed by atoms with Crippen LogP contribution in [0.2, 0.25) is 0 Å². The van der Waals surface area contributed by atoms with Crippen LogP contribution < -0.4 is 0 Å². The van der Waals surface area contributed by atoms with Crippen molar-refractivity contribution in [1.82, 2.24) is 4.90 Å². The van der Waals surface area contributed by atoms with E-state index in [1.54, 1.807) is 6.92 Å². The molecule has 0 aromatic rings. The predicted octanol–water partition coefficient (Wildman–Crippen LogP) is 1.46. The number of hydrogen-bond donors (Lipinski definition) is 0. The second-order valence-electron chi connectivity index (χ2n) is 4.68. The predicted molar refractivity (Wildman–Crippen MR) is 66.8 cm³/mol. The van der Waals surface area contributed by atoms with Crippen molar-refractivity contribution in [1.29, 1.82) is 0 Å². The number of methoxy groups -OCH3 is 1. The first-order chi connectivity index (χ1) is 8.13. The van der Waals surface area contributed by atoms with Gasteiger partial charge in [0, 0.05) is 25.3 Å². The van der Waals surface area contributed by atoms with E-state index in [0.29, 0.717) is 11.5 Å². The van der Waals surface area contributed by atoms with Gasteiger partial charge in [-0.15, -0.1) is 0 Å². The molecule has 0 bridgehead atoms. The molecule has 0 amide bonds. The Morgan fingerprint density at radius 2 is 2.35 bits per heavy atom. The van der Waals surface area contributed by atoms with Crippen LogP contribution in [0.15, 0.2) is 11.6 Å². The van der Waals surface area contributed by atoms with E-state index in [1.165, 1.54) is 13.5 Å². The van der Waals surface area contributed by atoms with E-state index < -0.39 is 0 Å². The Bertz CT molecular complexity index is 270. The molecule has 98 valence electrons. The first-order valence-electron chi connectivity index (χ1n) is 6.15. The standard InChI is InChI=1S/C13H23NO3/c1-11(13(15)16-3)6-7-14(2)9-12-5-4-8-17-10-12/h6,12H,4-5,7-10H2,1-3H3. The molecule has 0 N–H and O–H groups in total. The number of nitrogens with zero attached hydrogens (tertiary/aromatic N) is 1. The van der Waals surface area contributed by atoms with E-state index in [2.05, 4.69) is 16.7 Å². The number of carbonyl (C=O) groups is 1. The molecular weight excluding hydrogens is 218 g/mol. The van der Waals surface area contributed by atoms with Crippen LogP contribution >= 0.6 is 0 Å². The van der Waals surface area contributed by atoms with Crippen LogP contribution in [-0.4, -0.2) is 51.3 Å². The highest BCUT2D eigenvalue weighted by atomic mass is 16.5. The molecule has 1 rings (SSSR count). The van der Waals surface area contributed by atoms with Crippen molar-refractivity contribution in [2.45, 2.75) is 19.8 Å². The molecule has 0 saturated carbocycles. The quantitative estimate of drug-likeness (QED) is 0.539. The topological polar surface area (TPSA) is 38.8 Å². The van der Waals surface area contributed by atoms with E-state index in [0.717, 1.165) is 32.7 Å². The molecule has 1 atom stereocenters. The van der Waals surface area contributed by atoms with Gasteiger partial charge in [0.15, 0.2) is 0 Å². The third-order valence-corrected chi connectivity index (χ3v) is 3.04. The number of rotatable bonds is 5. The van der Waals surface area contributed by atoms with Crippen LogP contribution in [0.3, 0.4) is 0 Å². The molecule has 4 nitrogen and oxygen atoms in total. The van der Waals surface area contributed by atoms with Gasteiger partial charge in [-0.2, -0.15) is 0 Å². The van der Waals surface area contributed by atoms with Gasteiger partial charge in [-0.1, -0.05) is 6.08 Å². The average Bonchev–Trinajstić information content (AvgIpc) is 2.36. The molecule has 1 saturated heterocycles. The zero-order valence-electron chi connectivity index (χ0n) is 11.1. The molecule has 0 spiro atoms. The minimum absolute atomic E-state index is 0.251. The monoisotopic (exact) mass is 241 g/mol. The van der Waals surface area contributed by atoms with Crippen molar-refractivity contribution in [3.8, 4) is 0 Å². The Kier molecular flexibility index (Phi) is 6.22. The Morgan fingerprint density at radius 3 is 2.94 bits per heavy atom. The minimum Gasteiger partial charge on any atom is -0.466 e. The Morgan fingerprint density at radius 1 is 1.59 bits per heavy atom. The Labute approximate surface area is 104 Å². The highest BCUT2D eigenvalue weighted by Gasteiger charge is 2.15. The fourth-order valence-electron chi connectivity index (χ4n) is 2.00. The summed E-state index contributed by atoms with van der Waals surface area (Å²) in [6.45, 7) is 5.34. The Hall–Kier alpha value is -0.870. The minimum atomic E-state index is -0.251. The first kappa shape index (κ1) is 14.2. The highest BCUT2D eigenvalue weighted by molar-refractivity contribution is 5.87. The fourth-order valence-corrected chi connectivity index (χ4v) is 2.00. The summed E-state index contributed by atoms with van der Waals surface area (Å²) in [6.07, 6.45) is 4.31. The molecule has 1 unspecified atom stereocenters. The van der Waals surface area contributed by atoms with Crippen molar-refractivity contribution in [3.63, 3.8) is 0 Å². The SMILES string of the molecule is COC(=O)C(C)=CCN(C)CC1CCCOC1. The third-order valence-electron chi connectivity index (χ3n) is 3.04. The van der Waals surface area contributed by atoms with Crippen LogP contribution in [0, 0.1) is 5.92 Å². The average molecular weight is 241 g/mol. The van der Waals surface area contributed by atoms with Gasteiger partial charge in [-0.05, 0) is 32.7 Å². The summed E-state index contributed by atoms with van der Waals surface area (Å²) in [5.41, 5.74) is 0.666. The maximum absolute atomic E-state index is 11.2. The zero-order chi connectivity index (χ0) is 12.7. The van der Waals surface area contributed by atoms with E-state index in [9.17, 15) is 4.79 Å². The summed E-state index contributed by atoms with van der Waals surface area (Å²) in [5, 5.41) is 0. The van der Waals surface area contributed by atoms with E-state index in [4.69, 9.17) is 4.74 Å². The lowest BCUT2D eigenvalue weighted by Gasteiger charge is -2.26. The van der Waals surface area contributed by atoms with Gasteiger partial charge in [-0.3, -0.25) is 0 Å². The maximum atomic E-state index is 11.2. The number of hydrogen-bond acceptors (Lipinski definition) is 4. The zero-order valence-corrected chi connectivity index (χ0v) is 11.1. The van der Waals surface area contributed by atoms with Crippen LogP contribution in [0.4, 0.5) is 0 Å². The van der Waals surface area contributed by atoms with Crippen LogP contribution in [0.25, 0.3) is 0 Å². The van der Waals surface area contributed by atoms with Gasteiger partial charge in [0.2, 0.25) is 0 Å². The van der Waals surface area contributed by atoms with E-state index in [-0.39, 0.29) is 5.97 Å². The lowest BCUT2D eigenvalue weighted by molar-refractivity contribution is -0.136. The molecule has 0 aliphatic carbocycles. The van der Waals surface area contributed by atoms with Crippen LogP contribution in [0.1, 0.15) is 19.8 Å². The molecule has 1 aliphatic heterocycles. The van der Waals surface area contributed by atoms with E-state index >= 15 is 0 Å². The largest absolute Gasteiger partial charge is 0.466 e. The number of ether oxygens (including phenoxy) is 2. The number of likely N-dealkylation sites (N-methyl/N-ethyl adjacent to an activating group) is 1. The van der Waals surface area contributed by atoms with Crippen molar-refractivity contribution in [2.75, 3.05) is 40.5 Å². The second-order valence-corrected chi connectivity index (χ2v) is 4.68. The van der Waals surface area contributed by atoms with Gasteiger partial charge in [0.05, 0.1) is 13.7 Å². The third kappa shape index (κ3) is 5.33. The Balaban J connectivity index is 2.28. The summed E-state index contributed by atoms with van der Waals surface area (Å²) in [6, 6.07) is 0. The van der Waals surface area contributed by atoms with Crippen LogP contribution in [-0.2, 0) is 14.3 Å². The molecule has 17 heavy (non-hydrogen) atoms. The van der Waals surface area contributed by atoms with Gasteiger partial charge < -0.3 is 14.4 Å². The first-order valence-corrected chi connectivity index (χ1v) is 6.15. The van der Waals surface area contributed by atoms with Gasteiger partial charge >= 0.3 is 5.97 Å². The summed E-state index contributed by atoms with van der Waals surface area (Å²) < 4.78 is 10.1. The van der Waals surface area contributed by atoms with Crippen molar-refractivity contribution in [2.24, 2.45) is 5.92 Å².